The number of nitrogens with one attached hydrogen (secondary N) is 2. The highest BCUT2D eigenvalue weighted by atomic mass is 16.3. The third-order valence-electron chi connectivity index (χ3n) is 2.09. The summed E-state index contributed by atoms with van der Waals surface area (Å²) < 4.78 is 0. The van der Waals surface area contributed by atoms with E-state index in [0.29, 0.717) is 11.3 Å². The van der Waals surface area contributed by atoms with Crippen molar-refractivity contribution >= 4 is 23.7 Å². The van der Waals surface area contributed by atoms with Gasteiger partial charge in [0.25, 0.3) is 5.91 Å². The van der Waals surface area contributed by atoms with Crippen LogP contribution in [0.25, 0.3) is 6.08 Å². The van der Waals surface area contributed by atoms with Crippen molar-refractivity contribution in [3.05, 3.63) is 29.5 Å². The standard InChI is InChI=1S/C10H9N3O3/c11-7-4-6(14)2-1-5(7)3-8-9(15)13-10(16)12-8/h1-4,14H,11H2,(H2,12,13,15,16). The molecule has 5 N–H and O–H groups in total. The molecule has 2 rings (SSSR count). The van der Waals surface area contributed by atoms with E-state index in [9.17, 15) is 9.59 Å². The van der Waals surface area contributed by atoms with Crippen LogP contribution in [0.4, 0.5) is 10.5 Å². The third-order valence-corrected chi connectivity index (χ3v) is 2.09. The minimum Gasteiger partial charge on any atom is -0.508 e. The zero-order valence-corrected chi connectivity index (χ0v) is 8.15. The van der Waals surface area contributed by atoms with E-state index in [1.165, 1.54) is 18.2 Å². The van der Waals surface area contributed by atoms with E-state index in [1.807, 2.05) is 0 Å². The summed E-state index contributed by atoms with van der Waals surface area (Å²) in [4.78, 5) is 22.1. The average Bonchev–Trinajstić information content (AvgIpc) is 2.50. The number of nitrogen functional groups attached to an aromatic ring is 1. The van der Waals surface area contributed by atoms with Gasteiger partial charge in [-0.05, 0) is 23.8 Å². The van der Waals surface area contributed by atoms with Crippen molar-refractivity contribution in [2.75, 3.05) is 5.73 Å². The number of hydrogen-bond acceptors (Lipinski definition) is 4. The Morgan fingerprint density at radius 3 is 2.56 bits per heavy atom. The first-order valence-corrected chi connectivity index (χ1v) is 4.49. The molecule has 1 fully saturated rings. The lowest BCUT2D eigenvalue weighted by Gasteiger charge is -2.01. The Balaban J connectivity index is 2.36. The third kappa shape index (κ3) is 1.81. The molecule has 1 aromatic carbocycles. The number of imide groups is 1. The van der Waals surface area contributed by atoms with E-state index in [-0.39, 0.29) is 11.4 Å². The zero-order chi connectivity index (χ0) is 11.7. The number of anilines is 1. The number of rotatable bonds is 1. The maximum atomic E-state index is 11.2. The van der Waals surface area contributed by atoms with Crippen LogP contribution in [0.15, 0.2) is 23.9 Å². The molecule has 0 saturated carbocycles. The van der Waals surface area contributed by atoms with Gasteiger partial charge in [-0.25, -0.2) is 4.79 Å². The van der Waals surface area contributed by atoms with Gasteiger partial charge in [0, 0.05) is 11.8 Å². The van der Waals surface area contributed by atoms with E-state index in [0.717, 1.165) is 0 Å². The number of nitrogens with two attached hydrogens (primary N) is 1. The largest absolute Gasteiger partial charge is 0.508 e. The Morgan fingerprint density at radius 2 is 2.00 bits per heavy atom. The number of amides is 3. The van der Waals surface area contributed by atoms with Crippen LogP contribution < -0.4 is 16.4 Å². The highest BCUT2D eigenvalue weighted by molar-refractivity contribution is 6.14. The van der Waals surface area contributed by atoms with Gasteiger partial charge in [-0.3, -0.25) is 10.1 Å². The molecule has 0 aromatic heterocycles. The van der Waals surface area contributed by atoms with Crippen LogP contribution in [0.5, 0.6) is 5.75 Å². The predicted molar refractivity (Wildman–Crippen MR) is 57.2 cm³/mol. The summed E-state index contributed by atoms with van der Waals surface area (Å²) in [7, 11) is 0. The van der Waals surface area contributed by atoms with Crippen LogP contribution in [0.1, 0.15) is 5.56 Å². The SMILES string of the molecule is Nc1cc(O)ccc1C=C1NC(=O)NC1=O. The topological polar surface area (TPSA) is 104 Å². The second-order valence-electron chi connectivity index (χ2n) is 3.28. The molecule has 1 aromatic rings. The molecule has 1 heterocycles. The van der Waals surface area contributed by atoms with Crippen molar-refractivity contribution < 1.29 is 14.7 Å². The summed E-state index contributed by atoms with van der Waals surface area (Å²) in [5.74, 6) is -0.461. The van der Waals surface area contributed by atoms with E-state index in [2.05, 4.69) is 10.6 Å². The molecule has 6 nitrogen and oxygen atoms in total. The Bertz CT molecular complexity index is 508. The van der Waals surface area contributed by atoms with E-state index in [1.54, 1.807) is 6.07 Å². The molecular formula is C10H9N3O3. The molecule has 0 atom stereocenters. The van der Waals surface area contributed by atoms with E-state index in [4.69, 9.17) is 10.8 Å². The van der Waals surface area contributed by atoms with Crippen LogP contribution in [0.3, 0.4) is 0 Å². The van der Waals surface area contributed by atoms with Gasteiger partial charge in [-0.1, -0.05) is 0 Å². The fraction of sp³-hybridized carbons (Fsp3) is 0. The molecule has 0 radical (unpaired) electrons. The van der Waals surface area contributed by atoms with Gasteiger partial charge in [0.15, 0.2) is 0 Å². The number of carbonyl (C=O) groups is 2. The average molecular weight is 219 g/mol. The van der Waals surface area contributed by atoms with Gasteiger partial charge < -0.3 is 16.2 Å². The summed E-state index contributed by atoms with van der Waals surface area (Å²) in [6, 6.07) is 3.79. The van der Waals surface area contributed by atoms with Crippen molar-refractivity contribution in [1.29, 1.82) is 0 Å². The molecule has 0 bridgehead atoms. The predicted octanol–water partition coefficient (Wildman–Crippen LogP) is 0.155. The second kappa shape index (κ2) is 3.58. The number of benzene rings is 1. The van der Waals surface area contributed by atoms with Gasteiger partial charge in [0.2, 0.25) is 0 Å². The van der Waals surface area contributed by atoms with Crippen LogP contribution in [-0.2, 0) is 4.79 Å². The normalized spacial score (nSPS) is 17.4. The molecule has 0 aliphatic carbocycles. The molecule has 3 amide bonds. The first-order valence-electron chi connectivity index (χ1n) is 4.49. The van der Waals surface area contributed by atoms with E-state index < -0.39 is 11.9 Å². The number of hydrogen-bond donors (Lipinski definition) is 4. The van der Waals surface area contributed by atoms with Gasteiger partial charge in [0.05, 0.1) is 0 Å². The first-order chi connectivity index (χ1) is 7.56. The number of urea groups is 1. The molecule has 16 heavy (non-hydrogen) atoms. The summed E-state index contributed by atoms with van der Waals surface area (Å²) >= 11 is 0. The van der Waals surface area contributed by atoms with Crippen LogP contribution in [-0.4, -0.2) is 17.0 Å². The van der Waals surface area contributed by atoms with Gasteiger partial charge in [-0.15, -0.1) is 0 Å². The van der Waals surface area contributed by atoms with E-state index >= 15 is 0 Å². The Labute approximate surface area is 90.8 Å². The summed E-state index contributed by atoms with van der Waals surface area (Å²) in [5, 5.41) is 13.6. The Hall–Kier alpha value is -2.50. The van der Waals surface area contributed by atoms with Crippen molar-refractivity contribution in [2.24, 2.45) is 0 Å². The van der Waals surface area contributed by atoms with Crippen molar-refractivity contribution in [3.63, 3.8) is 0 Å². The highest BCUT2D eigenvalue weighted by Crippen LogP contribution is 2.21. The zero-order valence-electron chi connectivity index (χ0n) is 8.15. The number of phenolic OH excluding ortho intramolecular Hbond substituents is 1. The maximum Gasteiger partial charge on any atom is 0.326 e. The van der Waals surface area contributed by atoms with Crippen LogP contribution in [0, 0.1) is 0 Å². The molecular weight excluding hydrogens is 210 g/mol. The first kappa shape index (κ1) is 10.0. The summed E-state index contributed by atoms with van der Waals surface area (Å²) in [6.45, 7) is 0. The molecule has 1 saturated heterocycles. The lowest BCUT2D eigenvalue weighted by Crippen LogP contribution is -2.22. The van der Waals surface area contributed by atoms with Gasteiger partial charge in [0.1, 0.15) is 11.4 Å². The van der Waals surface area contributed by atoms with Crippen molar-refractivity contribution in [3.8, 4) is 5.75 Å². The van der Waals surface area contributed by atoms with Gasteiger partial charge >= 0.3 is 6.03 Å². The summed E-state index contributed by atoms with van der Waals surface area (Å²) in [5.41, 5.74) is 6.63. The molecule has 1 aliphatic rings. The molecule has 0 spiro atoms. The molecule has 82 valence electrons. The smallest absolute Gasteiger partial charge is 0.326 e. The Kier molecular flexibility index (Phi) is 2.24. The number of carbonyl (C=O) groups excluding carboxylic acids is 2. The monoisotopic (exact) mass is 219 g/mol. The molecule has 0 unspecified atom stereocenters. The lowest BCUT2D eigenvalue weighted by molar-refractivity contribution is -0.115. The van der Waals surface area contributed by atoms with Gasteiger partial charge in [-0.2, -0.15) is 0 Å². The number of aromatic hydroxyl groups is 1. The second-order valence-corrected chi connectivity index (χ2v) is 3.28. The number of phenols is 1. The minimum atomic E-state index is -0.561. The highest BCUT2D eigenvalue weighted by Gasteiger charge is 2.22. The lowest BCUT2D eigenvalue weighted by atomic mass is 10.1. The van der Waals surface area contributed by atoms with Crippen LogP contribution >= 0.6 is 0 Å². The summed E-state index contributed by atoms with van der Waals surface area (Å²) in [6.07, 6.45) is 1.44. The minimum absolute atomic E-state index is 0.0413. The van der Waals surface area contributed by atoms with Crippen molar-refractivity contribution in [1.82, 2.24) is 10.6 Å². The maximum absolute atomic E-state index is 11.2. The Morgan fingerprint density at radius 1 is 1.25 bits per heavy atom. The fourth-order valence-corrected chi connectivity index (χ4v) is 1.33. The fourth-order valence-electron chi connectivity index (χ4n) is 1.33. The van der Waals surface area contributed by atoms with Crippen LogP contribution in [0.2, 0.25) is 0 Å². The van der Waals surface area contributed by atoms with Crippen molar-refractivity contribution in [2.45, 2.75) is 0 Å². The molecule has 6 heteroatoms. The molecule has 1 aliphatic heterocycles. The quantitative estimate of drug-likeness (QED) is 0.306.